The van der Waals surface area contributed by atoms with E-state index in [4.69, 9.17) is 4.74 Å². The van der Waals surface area contributed by atoms with Crippen LogP contribution in [-0.4, -0.2) is 49.2 Å². The van der Waals surface area contributed by atoms with Gasteiger partial charge in [0.2, 0.25) is 5.91 Å². The number of rotatable bonds is 6. The monoisotopic (exact) mass is 347 g/mol. The van der Waals surface area contributed by atoms with Crippen LogP contribution >= 0.6 is 0 Å². The molecule has 0 spiro atoms. The third-order valence-electron chi connectivity index (χ3n) is 4.68. The number of amides is 2. The number of carbonyl (C=O) groups is 2. The molecule has 1 aliphatic heterocycles. The standard InChI is InChI=1S/C19H29N3O3/c1-4-25-19(24)22-12-9-16(10-13-22)20-11-8-18(23)21-17-7-5-6-14(2)15(17)3/h5-7,16,20H,4,8-13H2,1-3H3,(H,21,23). The van der Waals surface area contributed by atoms with Gasteiger partial charge in [-0.05, 0) is 50.8 Å². The van der Waals surface area contributed by atoms with Crippen molar-refractivity contribution in [3.8, 4) is 0 Å². The fraction of sp³-hybridized carbons (Fsp3) is 0.579. The zero-order valence-electron chi connectivity index (χ0n) is 15.4. The first-order valence-electron chi connectivity index (χ1n) is 9.02. The van der Waals surface area contributed by atoms with Crippen molar-refractivity contribution in [2.75, 3.05) is 31.6 Å². The Hall–Kier alpha value is -2.08. The van der Waals surface area contributed by atoms with Crippen LogP contribution in [0.1, 0.15) is 37.3 Å². The molecule has 6 nitrogen and oxygen atoms in total. The molecule has 2 amide bonds. The summed E-state index contributed by atoms with van der Waals surface area (Å²) in [6, 6.07) is 6.26. The molecule has 0 aromatic heterocycles. The van der Waals surface area contributed by atoms with E-state index in [0.717, 1.165) is 24.1 Å². The maximum atomic E-state index is 12.1. The topological polar surface area (TPSA) is 70.7 Å². The van der Waals surface area contributed by atoms with E-state index in [-0.39, 0.29) is 12.0 Å². The quantitative estimate of drug-likeness (QED) is 0.830. The Morgan fingerprint density at radius 3 is 2.64 bits per heavy atom. The normalized spacial score (nSPS) is 15.1. The molecule has 0 saturated carbocycles. The Morgan fingerprint density at radius 2 is 1.96 bits per heavy atom. The van der Waals surface area contributed by atoms with Crippen molar-refractivity contribution in [3.63, 3.8) is 0 Å². The fourth-order valence-electron chi connectivity index (χ4n) is 2.97. The molecule has 1 saturated heterocycles. The number of nitrogens with zero attached hydrogens (tertiary/aromatic N) is 1. The number of ether oxygens (including phenoxy) is 1. The third kappa shape index (κ3) is 5.74. The Kier molecular flexibility index (Phi) is 7.25. The highest BCUT2D eigenvalue weighted by molar-refractivity contribution is 5.91. The van der Waals surface area contributed by atoms with Crippen molar-refractivity contribution in [3.05, 3.63) is 29.3 Å². The molecule has 0 unspecified atom stereocenters. The second-order valence-electron chi connectivity index (χ2n) is 6.46. The van der Waals surface area contributed by atoms with Crippen LogP contribution in [0.5, 0.6) is 0 Å². The predicted octanol–water partition coefficient (Wildman–Crippen LogP) is 2.84. The molecule has 0 radical (unpaired) electrons. The van der Waals surface area contributed by atoms with Gasteiger partial charge in [0.15, 0.2) is 0 Å². The van der Waals surface area contributed by atoms with Crippen LogP contribution in [0.15, 0.2) is 18.2 Å². The lowest BCUT2D eigenvalue weighted by Gasteiger charge is -2.31. The van der Waals surface area contributed by atoms with E-state index in [2.05, 4.69) is 10.6 Å². The van der Waals surface area contributed by atoms with Gasteiger partial charge < -0.3 is 20.3 Å². The number of carbonyl (C=O) groups excluding carboxylic acids is 2. The van der Waals surface area contributed by atoms with Crippen molar-refractivity contribution in [2.45, 2.75) is 46.1 Å². The van der Waals surface area contributed by atoms with Gasteiger partial charge >= 0.3 is 6.09 Å². The van der Waals surface area contributed by atoms with Crippen molar-refractivity contribution in [1.82, 2.24) is 10.2 Å². The van der Waals surface area contributed by atoms with E-state index < -0.39 is 0 Å². The van der Waals surface area contributed by atoms with Gasteiger partial charge in [-0.2, -0.15) is 0 Å². The summed E-state index contributed by atoms with van der Waals surface area (Å²) in [5, 5.41) is 6.39. The SMILES string of the molecule is CCOC(=O)N1CCC(NCCC(=O)Nc2cccc(C)c2C)CC1. The van der Waals surface area contributed by atoms with Crippen molar-refractivity contribution < 1.29 is 14.3 Å². The fourth-order valence-corrected chi connectivity index (χ4v) is 2.97. The zero-order valence-corrected chi connectivity index (χ0v) is 15.4. The molecule has 2 N–H and O–H groups in total. The highest BCUT2D eigenvalue weighted by atomic mass is 16.6. The summed E-state index contributed by atoms with van der Waals surface area (Å²) < 4.78 is 5.02. The predicted molar refractivity (Wildman–Crippen MR) is 98.8 cm³/mol. The van der Waals surface area contributed by atoms with Crippen molar-refractivity contribution in [2.24, 2.45) is 0 Å². The summed E-state index contributed by atoms with van der Waals surface area (Å²) in [5.74, 6) is 0.0187. The molecule has 1 aromatic carbocycles. The van der Waals surface area contributed by atoms with Crippen molar-refractivity contribution >= 4 is 17.7 Å². The molecule has 0 aliphatic carbocycles. The first kappa shape index (κ1) is 19.2. The second kappa shape index (κ2) is 9.42. The number of anilines is 1. The summed E-state index contributed by atoms with van der Waals surface area (Å²) in [4.78, 5) is 25.5. The number of hydrogen-bond donors (Lipinski definition) is 2. The number of aryl methyl sites for hydroxylation is 1. The molecule has 6 heteroatoms. The summed E-state index contributed by atoms with van der Waals surface area (Å²) in [6.45, 7) is 8.31. The lowest BCUT2D eigenvalue weighted by molar-refractivity contribution is -0.116. The molecule has 25 heavy (non-hydrogen) atoms. The van der Waals surface area contributed by atoms with Crippen LogP contribution < -0.4 is 10.6 Å². The van der Waals surface area contributed by atoms with Crippen LogP contribution in [0.3, 0.4) is 0 Å². The third-order valence-corrected chi connectivity index (χ3v) is 4.68. The summed E-state index contributed by atoms with van der Waals surface area (Å²) >= 11 is 0. The molecule has 0 bridgehead atoms. The number of benzene rings is 1. The van der Waals surface area contributed by atoms with Gasteiger partial charge in [0.05, 0.1) is 6.61 Å². The summed E-state index contributed by atoms with van der Waals surface area (Å²) in [7, 11) is 0. The van der Waals surface area contributed by atoms with E-state index in [1.807, 2.05) is 39.0 Å². The largest absolute Gasteiger partial charge is 0.450 e. The van der Waals surface area contributed by atoms with Crippen LogP contribution in [0.4, 0.5) is 10.5 Å². The van der Waals surface area contributed by atoms with E-state index in [9.17, 15) is 9.59 Å². The number of nitrogens with one attached hydrogen (secondary N) is 2. The molecule has 138 valence electrons. The minimum atomic E-state index is -0.228. The maximum Gasteiger partial charge on any atom is 0.409 e. The van der Waals surface area contributed by atoms with Gasteiger partial charge in [-0.3, -0.25) is 4.79 Å². The van der Waals surface area contributed by atoms with E-state index in [1.54, 1.807) is 4.90 Å². The number of piperidine rings is 1. The molecular formula is C19H29N3O3. The molecule has 1 aromatic rings. The van der Waals surface area contributed by atoms with Gasteiger partial charge in [-0.1, -0.05) is 12.1 Å². The minimum absolute atomic E-state index is 0.0187. The molecular weight excluding hydrogens is 318 g/mol. The molecule has 1 aliphatic rings. The smallest absolute Gasteiger partial charge is 0.409 e. The summed E-state index contributed by atoms with van der Waals surface area (Å²) in [6.07, 6.45) is 1.98. The van der Waals surface area contributed by atoms with Gasteiger partial charge in [0, 0.05) is 37.8 Å². The highest BCUT2D eigenvalue weighted by Crippen LogP contribution is 2.18. The van der Waals surface area contributed by atoms with E-state index in [0.29, 0.717) is 38.7 Å². The first-order chi connectivity index (χ1) is 12.0. The summed E-state index contributed by atoms with van der Waals surface area (Å²) in [5.41, 5.74) is 3.16. The van der Waals surface area contributed by atoms with Crippen LogP contribution in [0, 0.1) is 13.8 Å². The number of hydrogen-bond acceptors (Lipinski definition) is 4. The Morgan fingerprint density at radius 1 is 1.24 bits per heavy atom. The van der Waals surface area contributed by atoms with E-state index in [1.165, 1.54) is 5.56 Å². The Bertz CT molecular complexity index is 596. The van der Waals surface area contributed by atoms with Gasteiger partial charge in [-0.15, -0.1) is 0 Å². The molecule has 1 heterocycles. The van der Waals surface area contributed by atoms with Crippen LogP contribution in [-0.2, 0) is 9.53 Å². The average molecular weight is 347 g/mol. The van der Waals surface area contributed by atoms with Crippen LogP contribution in [0.2, 0.25) is 0 Å². The van der Waals surface area contributed by atoms with Gasteiger partial charge in [-0.25, -0.2) is 4.79 Å². The van der Waals surface area contributed by atoms with Gasteiger partial charge in [0.25, 0.3) is 0 Å². The second-order valence-corrected chi connectivity index (χ2v) is 6.46. The Balaban J connectivity index is 1.67. The van der Waals surface area contributed by atoms with Crippen LogP contribution in [0.25, 0.3) is 0 Å². The van der Waals surface area contributed by atoms with E-state index >= 15 is 0 Å². The average Bonchev–Trinajstić information content (AvgIpc) is 2.60. The lowest BCUT2D eigenvalue weighted by Crippen LogP contribution is -2.45. The lowest BCUT2D eigenvalue weighted by atomic mass is 10.1. The minimum Gasteiger partial charge on any atom is -0.450 e. The number of likely N-dealkylation sites (tertiary alicyclic amines) is 1. The molecule has 0 atom stereocenters. The Labute approximate surface area is 149 Å². The molecule has 1 fully saturated rings. The maximum absolute atomic E-state index is 12.1. The molecule has 2 rings (SSSR count). The highest BCUT2D eigenvalue weighted by Gasteiger charge is 2.23. The van der Waals surface area contributed by atoms with Crippen molar-refractivity contribution in [1.29, 1.82) is 0 Å². The first-order valence-corrected chi connectivity index (χ1v) is 9.02. The zero-order chi connectivity index (χ0) is 18.2. The van der Waals surface area contributed by atoms with Gasteiger partial charge in [0.1, 0.15) is 0 Å².